The van der Waals surface area contributed by atoms with Crippen molar-refractivity contribution in [1.82, 2.24) is 5.32 Å². The third-order valence-corrected chi connectivity index (χ3v) is 5.01. The van der Waals surface area contributed by atoms with Crippen molar-refractivity contribution >= 4 is 29.4 Å². The molecule has 3 N–H and O–H groups in total. The molecule has 1 unspecified atom stereocenters. The molecule has 33 heavy (non-hydrogen) atoms. The molecule has 1 amide bonds. The Kier molecular flexibility index (Phi) is 10.8. The van der Waals surface area contributed by atoms with Crippen LogP contribution in [-0.4, -0.2) is 60.0 Å². The second kappa shape index (κ2) is 13.6. The number of benzene rings is 2. The number of carbonyl (C=O) groups excluding carboxylic acids is 2. The van der Waals surface area contributed by atoms with Gasteiger partial charge in [0.25, 0.3) is 0 Å². The Hall–Kier alpha value is -2.94. The first-order chi connectivity index (χ1) is 15.8. The molecule has 0 aliphatic carbocycles. The number of carboxylic acids is 1. The lowest BCUT2D eigenvalue weighted by Crippen LogP contribution is -2.44. The molecule has 2 aromatic rings. The van der Waals surface area contributed by atoms with Gasteiger partial charge in [-0.15, -0.1) is 0 Å². The standard InChI is InChI=1S/C24H28ClNO7/c1-2-32-11-4-12-33-24(31)22(28)26-20(15-21(27)23(29)30)13-16-7-9-17(10-8-16)18-5-3-6-19(25)14-18/h3,5-10,14,20-21,27H,2,4,11-13,15H2,1H3,(H,26,28)(H,29,30)/t20-,21?/m1/s1. The molecule has 0 radical (unpaired) electrons. The van der Waals surface area contributed by atoms with E-state index in [-0.39, 0.29) is 19.4 Å². The molecule has 2 atom stereocenters. The van der Waals surface area contributed by atoms with E-state index in [0.717, 1.165) is 16.7 Å². The quantitative estimate of drug-likeness (QED) is 0.244. The summed E-state index contributed by atoms with van der Waals surface area (Å²) in [5.41, 5.74) is 2.66. The van der Waals surface area contributed by atoms with Gasteiger partial charge in [0.1, 0.15) is 0 Å². The van der Waals surface area contributed by atoms with Crippen molar-refractivity contribution in [3.05, 3.63) is 59.1 Å². The number of ether oxygens (including phenoxy) is 2. The van der Waals surface area contributed by atoms with Gasteiger partial charge in [-0.2, -0.15) is 0 Å². The molecular formula is C24H28ClNO7. The van der Waals surface area contributed by atoms with E-state index in [4.69, 9.17) is 26.2 Å². The first-order valence-electron chi connectivity index (χ1n) is 10.6. The largest absolute Gasteiger partial charge is 0.479 e. The van der Waals surface area contributed by atoms with E-state index < -0.39 is 30.0 Å². The van der Waals surface area contributed by atoms with Crippen LogP contribution >= 0.6 is 11.6 Å². The maximum Gasteiger partial charge on any atom is 0.396 e. The topological polar surface area (TPSA) is 122 Å². The maximum absolute atomic E-state index is 12.2. The van der Waals surface area contributed by atoms with Crippen LogP contribution in [-0.2, 0) is 30.3 Å². The van der Waals surface area contributed by atoms with Crippen LogP contribution in [0.1, 0.15) is 25.3 Å². The molecule has 2 rings (SSSR count). The number of aliphatic hydroxyl groups is 1. The number of aliphatic hydroxyl groups excluding tert-OH is 1. The monoisotopic (exact) mass is 477 g/mol. The lowest BCUT2D eigenvalue weighted by atomic mass is 9.98. The average molecular weight is 478 g/mol. The number of aliphatic carboxylic acids is 1. The number of amides is 1. The highest BCUT2D eigenvalue weighted by atomic mass is 35.5. The molecule has 0 aliphatic heterocycles. The molecule has 0 spiro atoms. The van der Waals surface area contributed by atoms with Gasteiger partial charge in [0.2, 0.25) is 0 Å². The summed E-state index contributed by atoms with van der Waals surface area (Å²) in [6.45, 7) is 2.82. The minimum Gasteiger partial charge on any atom is -0.479 e. The predicted molar refractivity (Wildman–Crippen MR) is 123 cm³/mol. The van der Waals surface area contributed by atoms with Crippen LogP contribution in [0.3, 0.4) is 0 Å². The van der Waals surface area contributed by atoms with Crippen LogP contribution in [0.4, 0.5) is 0 Å². The van der Waals surface area contributed by atoms with Crippen molar-refractivity contribution in [3.63, 3.8) is 0 Å². The Balaban J connectivity index is 2.02. The van der Waals surface area contributed by atoms with Gasteiger partial charge in [-0.1, -0.05) is 48.0 Å². The van der Waals surface area contributed by atoms with Gasteiger partial charge in [0, 0.05) is 37.1 Å². The summed E-state index contributed by atoms with van der Waals surface area (Å²) in [6.07, 6.45) is -1.30. The third-order valence-electron chi connectivity index (χ3n) is 4.78. The zero-order valence-corrected chi connectivity index (χ0v) is 19.1. The molecule has 0 aromatic heterocycles. The first-order valence-corrected chi connectivity index (χ1v) is 11.0. The Morgan fingerprint density at radius 2 is 1.79 bits per heavy atom. The number of nitrogens with one attached hydrogen (secondary N) is 1. The third kappa shape index (κ3) is 9.21. The van der Waals surface area contributed by atoms with Gasteiger partial charge >= 0.3 is 17.8 Å². The molecular weight excluding hydrogens is 450 g/mol. The molecule has 9 heteroatoms. The number of rotatable bonds is 12. The molecule has 178 valence electrons. The molecule has 0 fully saturated rings. The molecule has 8 nitrogen and oxygen atoms in total. The Bertz CT molecular complexity index is 933. The summed E-state index contributed by atoms with van der Waals surface area (Å²) in [5.74, 6) is -3.48. The van der Waals surface area contributed by atoms with Crippen LogP contribution in [0.15, 0.2) is 48.5 Å². The molecule has 0 saturated carbocycles. The van der Waals surface area contributed by atoms with Crippen LogP contribution in [0.2, 0.25) is 5.02 Å². The van der Waals surface area contributed by atoms with Crippen molar-refractivity contribution < 1.29 is 34.1 Å². The van der Waals surface area contributed by atoms with E-state index in [1.54, 1.807) is 6.07 Å². The SMILES string of the molecule is CCOCCCOC(=O)C(=O)N[C@H](Cc1ccc(-c2cccc(Cl)c2)cc1)CC(O)C(=O)O. The maximum atomic E-state index is 12.2. The number of esters is 1. The summed E-state index contributed by atoms with van der Waals surface area (Å²) in [4.78, 5) is 35.3. The summed E-state index contributed by atoms with van der Waals surface area (Å²) in [6, 6.07) is 14.0. The average Bonchev–Trinajstić information content (AvgIpc) is 2.79. The van der Waals surface area contributed by atoms with Crippen molar-refractivity contribution in [3.8, 4) is 11.1 Å². The fourth-order valence-electron chi connectivity index (χ4n) is 3.13. The Morgan fingerprint density at radius 1 is 1.06 bits per heavy atom. The van der Waals surface area contributed by atoms with Crippen LogP contribution in [0.5, 0.6) is 0 Å². The van der Waals surface area contributed by atoms with Gasteiger partial charge in [-0.3, -0.25) is 4.79 Å². The van der Waals surface area contributed by atoms with E-state index >= 15 is 0 Å². The fraction of sp³-hybridized carbons (Fsp3) is 0.375. The highest BCUT2D eigenvalue weighted by molar-refractivity contribution is 6.32. The minimum absolute atomic E-state index is 0.0274. The summed E-state index contributed by atoms with van der Waals surface area (Å²) in [5, 5.41) is 21.9. The Labute approximate surface area is 197 Å². The Morgan fingerprint density at radius 3 is 2.42 bits per heavy atom. The van der Waals surface area contributed by atoms with Crippen LogP contribution < -0.4 is 5.32 Å². The molecule has 0 saturated heterocycles. The number of hydrogen-bond acceptors (Lipinski definition) is 6. The van der Waals surface area contributed by atoms with E-state index in [1.807, 2.05) is 49.4 Å². The van der Waals surface area contributed by atoms with E-state index in [0.29, 0.717) is 24.7 Å². The minimum atomic E-state index is -1.69. The van der Waals surface area contributed by atoms with Crippen molar-refractivity contribution in [1.29, 1.82) is 0 Å². The van der Waals surface area contributed by atoms with Gasteiger partial charge in [-0.05, 0) is 42.2 Å². The predicted octanol–water partition coefficient (Wildman–Crippen LogP) is 2.84. The molecule has 0 heterocycles. The summed E-state index contributed by atoms with van der Waals surface area (Å²) in [7, 11) is 0. The number of carbonyl (C=O) groups is 3. The van der Waals surface area contributed by atoms with Crippen molar-refractivity contribution in [2.24, 2.45) is 0 Å². The second-order valence-corrected chi connectivity index (χ2v) is 7.79. The van der Waals surface area contributed by atoms with E-state index in [2.05, 4.69) is 5.32 Å². The van der Waals surface area contributed by atoms with Crippen LogP contribution in [0.25, 0.3) is 11.1 Å². The lowest BCUT2D eigenvalue weighted by Gasteiger charge is -2.20. The van der Waals surface area contributed by atoms with Gasteiger partial charge in [-0.25, -0.2) is 9.59 Å². The fourth-order valence-corrected chi connectivity index (χ4v) is 3.32. The van der Waals surface area contributed by atoms with Crippen molar-refractivity contribution in [2.75, 3.05) is 19.8 Å². The molecule has 0 aliphatic rings. The van der Waals surface area contributed by atoms with Gasteiger partial charge in [0.15, 0.2) is 6.10 Å². The zero-order chi connectivity index (χ0) is 24.2. The number of halogens is 1. The highest BCUT2D eigenvalue weighted by Gasteiger charge is 2.25. The van der Waals surface area contributed by atoms with Crippen molar-refractivity contribution in [2.45, 2.75) is 38.3 Å². The lowest BCUT2D eigenvalue weighted by molar-refractivity contribution is -0.155. The van der Waals surface area contributed by atoms with Gasteiger partial charge in [0.05, 0.1) is 6.61 Å². The molecule has 2 aromatic carbocycles. The van der Waals surface area contributed by atoms with E-state index in [9.17, 15) is 19.5 Å². The number of hydrogen-bond donors (Lipinski definition) is 3. The zero-order valence-electron chi connectivity index (χ0n) is 18.3. The van der Waals surface area contributed by atoms with Crippen LogP contribution in [0, 0.1) is 0 Å². The normalized spacial score (nSPS) is 12.6. The number of carboxylic acid groups (broad SMARTS) is 1. The first kappa shape index (κ1) is 26.3. The summed E-state index contributed by atoms with van der Waals surface area (Å²) >= 11 is 6.04. The highest BCUT2D eigenvalue weighted by Crippen LogP contribution is 2.23. The smallest absolute Gasteiger partial charge is 0.396 e. The molecule has 0 bridgehead atoms. The second-order valence-electron chi connectivity index (χ2n) is 7.36. The van der Waals surface area contributed by atoms with Gasteiger partial charge < -0.3 is 25.0 Å². The van der Waals surface area contributed by atoms with E-state index in [1.165, 1.54) is 0 Å². The summed E-state index contributed by atoms with van der Waals surface area (Å²) < 4.78 is 10.0.